The summed E-state index contributed by atoms with van der Waals surface area (Å²) < 4.78 is 5.85. The molecular weight excluding hydrogens is 294 g/mol. The van der Waals surface area contributed by atoms with E-state index in [2.05, 4.69) is 25.2 Å². The normalized spacial score (nSPS) is 24.8. The summed E-state index contributed by atoms with van der Waals surface area (Å²) in [6.07, 6.45) is 2.58. The van der Waals surface area contributed by atoms with Crippen LogP contribution < -0.4 is 10.1 Å². The predicted molar refractivity (Wildman–Crippen MR) is 85.2 cm³/mol. The molecule has 124 valence electrons. The summed E-state index contributed by atoms with van der Waals surface area (Å²) in [5.74, 6) is -0.449. The van der Waals surface area contributed by atoms with E-state index in [1.807, 2.05) is 12.1 Å². The van der Waals surface area contributed by atoms with Gasteiger partial charge in [0.15, 0.2) is 0 Å². The van der Waals surface area contributed by atoms with Crippen molar-refractivity contribution < 1.29 is 19.4 Å². The van der Waals surface area contributed by atoms with Gasteiger partial charge in [-0.15, -0.1) is 0 Å². The lowest BCUT2D eigenvalue weighted by molar-refractivity contribution is -0.141. The molecule has 0 bridgehead atoms. The van der Waals surface area contributed by atoms with Gasteiger partial charge in [-0.3, -0.25) is 9.59 Å². The van der Waals surface area contributed by atoms with Crippen LogP contribution in [0.3, 0.4) is 0 Å². The first kappa shape index (κ1) is 15.8. The van der Waals surface area contributed by atoms with Gasteiger partial charge in [-0.05, 0) is 50.3 Å². The van der Waals surface area contributed by atoms with Crippen LogP contribution in [0.15, 0.2) is 18.2 Å². The third-order valence-corrected chi connectivity index (χ3v) is 4.75. The molecule has 0 aromatic heterocycles. The fourth-order valence-corrected chi connectivity index (χ4v) is 3.55. The number of carboxylic acid groups (broad SMARTS) is 1. The smallest absolute Gasteiger partial charge is 0.306 e. The minimum Gasteiger partial charge on any atom is -0.487 e. The van der Waals surface area contributed by atoms with Crippen LogP contribution >= 0.6 is 0 Å². The standard InChI is InChI=1S/C18H23NO4/c1-18(2)9-14-7-11(3-6-15(14)23-18)10-19-16(20)12-4-5-13(8-12)17(21)22/h3,6-7,12-13H,4-5,8-10H2,1-2H3,(H,19,20)(H,21,22)/t12-,13+/m0/s1. The van der Waals surface area contributed by atoms with E-state index in [4.69, 9.17) is 9.84 Å². The summed E-state index contributed by atoms with van der Waals surface area (Å²) in [4.78, 5) is 23.2. The average molecular weight is 317 g/mol. The Morgan fingerprint density at radius 1 is 1.30 bits per heavy atom. The topological polar surface area (TPSA) is 75.6 Å². The first-order chi connectivity index (χ1) is 10.8. The molecule has 5 nitrogen and oxygen atoms in total. The molecule has 0 saturated heterocycles. The van der Waals surface area contributed by atoms with E-state index in [0.717, 1.165) is 17.7 Å². The zero-order valence-electron chi connectivity index (χ0n) is 13.6. The Bertz CT molecular complexity index is 638. The summed E-state index contributed by atoms with van der Waals surface area (Å²) in [5, 5.41) is 11.9. The van der Waals surface area contributed by atoms with E-state index in [-0.39, 0.29) is 23.3 Å². The minimum absolute atomic E-state index is 0.0363. The molecule has 5 heteroatoms. The van der Waals surface area contributed by atoms with Crippen molar-refractivity contribution in [2.24, 2.45) is 11.8 Å². The quantitative estimate of drug-likeness (QED) is 0.895. The molecule has 1 aromatic rings. The first-order valence-corrected chi connectivity index (χ1v) is 8.15. The Morgan fingerprint density at radius 2 is 2.04 bits per heavy atom. The van der Waals surface area contributed by atoms with Crippen LogP contribution in [-0.2, 0) is 22.6 Å². The number of carboxylic acids is 1. The molecule has 1 aliphatic carbocycles. The number of benzene rings is 1. The molecule has 0 radical (unpaired) electrons. The zero-order valence-corrected chi connectivity index (χ0v) is 13.6. The van der Waals surface area contributed by atoms with Gasteiger partial charge in [0.2, 0.25) is 5.91 Å². The highest BCUT2D eigenvalue weighted by molar-refractivity contribution is 5.80. The largest absolute Gasteiger partial charge is 0.487 e. The van der Waals surface area contributed by atoms with Gasteiger partial charge in [-0.1, -0.05) is 12.1 Å². The summed E-state index contributed by atoms with van der Waals surface area (Å²) in [6, 6.07) is 6.01. The molecule has 1 fully saturated rings. The SMILES string of the molecule is CC1(C)Cc2cc(CNC(=O)[C@H]3CC[C@@H](C(=O)O)C3)ccc2O1. The summed E-state index contributed by atoms with van der Waals surface area (Å²) in [5.41, 5.74) is 2.06. The van der Waals surface area contributed by atoms with Crippen molar-refractivity contribution in [1.82, 2.24) is 5.32 Å². The molecule has 1 heterocycles. The Kier molecular flexibility index (Phi) is 4.04. The summed E-state index contributed by atoms with van der Waals surface area (Å²) in [7, 11) is 0. The monoisotopic (exact) mass is 317 g/mol. The highest BCUT2D eigenvalue weighted by Crippen LogP contribution is 2.35. The van der Waals surface area contributed by atoms with E-state index >= 15 is 0 Å². The maximum absolute atomic E-state index is 12.2. The summed E-state index contributed by atoms with van der Waals surface area (Å²) in [6.45, 7) is 4.60. The number of ether oxygens (including phenoxy) is 1. The molecule has 0 unspecified atom stereocenters. The number of hydrogen-bond acceptors (Lipinski definition) is 3. The van der Waals surface area contributed by atoms with Crippen molar-refractivity contribution in [3.05, 3.63) is 29.3 Å². The maximum Gasteiger partial charge on any atom is 0.306 e. The van der Waals surface area contributed by atoms with Gasteiger partial charge in [-0.2, -0.15) is 0 Å². The van der Waals surface area contributed by atoms with Crippen molar-refractivity contribution in [1.29, 1.82) is 0 Å². The van der Waals surface area contributed by atoms with E-state index < -0.39 is 5.97 Å². The molecule has 23 heavy (non-hydrogen) atoms. The van der Waals surface area contributed by atoms with Gasteiger partial charge in [0.05, 0.1) is 5.92 Å². The van der Waals surface area contributed by atoms with Crippen LogP contribution in [0.25, 0.3) is 0 Å². The Labute approximate surface area is 136 Å². The number of nitrogens with one attached hydrogen (secondary N) is 1. The summed E-state index contributed by atoms with van der Waals surface area (Å²) >= 11 is 0. The van der Waals surface area contributed by atoms with E-state index in [9.17, 15) is 9.59 Å². The molecule has 1 aromatic carbocycles. The van der Waals surface area contributed by atoms with Crippen molar-refractivity contribution in [2.75, 3.05) is 0 Å². The van der Waals surface area contributed by atoms with E-state index in [1.165, 1.54) is 5.56 Å². The number of aliphatic carboxylic acids is 1. The Balaban J connectivity index is 1.55. The second-order valence-electron chi connectivity index (χ2n) is 7.24. The Morgan fingerprint density at radius 3 is 2.74 bits per heavy atom. The first-order valence-electron chi connectivity index (χ1n) is 8.15. The lowest BCUT2D eigenvalue weighted by atomic mass is 10.00. The van der Waals surface area contributed by atoms with Gasteiger partial charge in [0.1, 0.15) is 11.4 Å². The van der Waals surface area contributed by atoms with Crippen molar-refractivity contribution in [3.8, 4) is 5.75 Å². The minimum atomic E-state index is -0.790. The highest BCUT2D eigenvalue weighted by atomic mass is 16.5. The van der Waals surface area contributed by atoms with Crippen LogP contribution in [0, 0.1) is 11.8 Å². The van der Waals surface area contributed by atoms with Crippen molar-refractivity contribution in [2.45, 2.75) is 51.7 Å². The lowest BCUT2D eigenvalue weighted by Gasteiger charge is -2.16. The second kappa shape index (κ2) is 5.87. The second-order valence-corrected chi connectivity index (χ2v) is 7.24. The molecule has 1 saturated carbocycles. The van der Waals surface area contributed by atoms with Gasteiger partial charge in [0, 0.05) is 18.9 Å². The number of hydrogen-bond donors (Lipinski definition) is 2. The van der Waals surface area contributed by atoms with Crippen LogP contribution in [0.1, 0.15) is 44.2 Å². The van der Waals surface area contributed by atoms with E-state index in [1.54, 1.807) is 0 Å². The van der Waals surface area contributed by atoms with Gasteiger partial charge in [0.25, 0.3) is 0 Å². The molecule has 2 aliphatic rings. The molecular formula is C18H23NO4. The molecule has 1 amide bonds. The van der Waals surface area contributed by atoms with Gasteiger partial charge in [-0.25, -0.2) is 0 Å². The third-order valence-electron chi connectivity index (χ3n) is 4.75. The van der Waals surface area contributed by atoms with Crippen molar-refractivity contribution in [3.63, 3.8) is 0 Å². The number of carbonyl (C=O) groups is 2. The maximum atomic E-state index is 12.2. The molecule has 2 atom stereocenters. The van der Waals surface area contributed by atoms with Crippen LogP contribution in [0.2, 0.25) is 0 Å². The predicted octanol–water partition coefficient (Wildman–Crippen LogP) is 2.52. The Hall–Kier alpha value is -2.04. The zero-order chi connectivity index (χ0) is 16.6. The average Bonchev–Trinajstić information content (AvgIpc) is 3.06. The number of amides is 1. The van der Waals surface area contributed by atoms with Crippen LogP contribution in [0.5, 0.6) is 5.75 Å². The highest BCUT2D eigenvalue weighted by Gasteiger charge is 2.34. The van der Waals surface area contributed by atoms with Crippen molar-refractivity contribution >= 4 is 11.9 Å². The van der Waals surface area contributed by atoms with Gasteiger partial charge >= 0.3 is 5.97 Å². The number of fused-ring (bicyclic) bond motifs is 1. The van der Waals surface area contributed by atoms with E-state index in [0.29, 0.717) is 25.8 Å². The van der Waals surface area contributed by atoms with Crippen LogP contribution in [0.4, 0.5) is 0 Å². The van der Waals surface area contributed by atoms with Gasteiger partial charge < -0.3 is 15.2 Å². The van der Waals surface area contributed by atoms with Crippen LogP contribution in [-0.4, -0.2) is 22.6 Å². The molecule has 2 N–H and O–H groups in total. The molecule has 3 rings (SSSR count). The fraction of sp³-hybridized carbons (Fsp3) is 0.556. The molecule has 1 aliphatic heterocycles. The number of carbonyl (C=O) groups excluding carboxylic acids is 1. The lowest BCUT2D eigenvalue weighted by Crippen LogP contribution is -2.29. The molecule has 0 spiro atoms. The number of rotatable bonds is 4. The third kappa shape index (κ3) is 3.49. The fourth-order valence-electron chi connectivity index (χ4n) is 3.55.